The van der Waals surface area contributed by atoms with Gasteiger partial charge in [0.15, 0.2) is 0 Å². The van der Waals surface area contributed by atoms with Crippen molar-refractivity contribution in [1.29, 1.82) is 0 Å². The van der Waals surface area contributed by atoms with Crippen LogP contribution in [-0.2, 0) is 16.1 Å². The molecule has 8 heteroatoms. The third-order valence-corrected chi connectivity index (χ3v) is 4.42. The summed E-state index contributed by atoms with van der Waals surface area (Å²) in [6.45, 7) is 0.340. The Morgan fingerprint density at radius 3 is 2.31 bits per heavy atom. The van der Waals surface area contributed by atoms with Gasteiger partial charge in [-0.05, 0) is 35.4 Å². The molecule has 0 saturated heterocycles. The van der Waals surface area contributed by atoms with Crippen LogP contribution in [0.3, 0.4) is 0 Å². The van der Waals surface area contributed by atoms with E-state index < -0.39 is 11.8 Å². The fourth-order valence-corrected chi connectivity index (χ4v) is 3.09. The summed E-state index contributed by atoms with van der Waals surface area (Å²) in [5.41, 5.74) is 9.37. The maximum Gasteiger partial charge on any atom is 0.243 e. The molecule has 0 aliphatic heterocycles. The lowest BCUT2D eigenvalue weighted by atomic mass is 9.91. The molecule has 0 bridgehead atoms. The Labute approximate surface area is 161 Å². The summed E-state index contributed by atoms with van der Waals surface area (Å²) in [6, 6.07) is 12.0. The van der Waals surface area contributed by atoms with Crippen LogP contribution in [0.4, 0.5) is 5.69 Å². The zero-order valence-electron chi connectivity index (χ0n) is 13.8. The van der Waals surface area contributed by atoms with Gasteiger partial charge < -0.3 is 11.1 Å². The van der Waals surface area contributed by atoms with E-state index in [2.05, 4.69) is 5.32 Å². The summed E-state index contributed by atoms with van der Waals surface area (Å²) < 4.78 is 0. The highest BCUT2D eigenvalue weighted by Gasteiger charge is 2.22. The predicted molar refractivity (Wildman–Crippen MR) is 101 cm³/mol. The smallest absolute Gasteiger partial charge is 0.243 e. The maximum absolute atomic E-state index is 12.3. The first-order valence-corrected chi connectivity index (χ1v) is 8.63. The average molecular weight is 396 g/mol. The molecule has 1 atom stereocenters. The van der Waals surface area contributed by atoms with E-state index in [-0.39, 0.29) is 18.7 Å². The number of nitrogens with two attached hydrogens (primary N) is 1. The lowest BCUT2D eigenvalue weighted by molar-refractivity contribution is -0.129. The van der Waals surface area contributed by atoms with Crippen LogP contribution in [0, 0.1) is 0 Å². The molecular formula is C18H19Cl2N3O3. The quantitative estimate of drug-likeness (QED) is 0.328. The zero-order valence-corrected chi connectivity index (χ0v) is 15.3. The van der Waals surface area contributed by atoms with Crippen LogP contribution < -0.4 is 16.5 Å². The number of hydrogen-bond donors (Lipinski definition) is 4. The van der Waals surface area contributed by atoms with Crippen molar-refractivity contribution in [2.45, 2.75) is 25.3 Å². The van der Waals surface area contributed by atoms with Crippen LogP contribution in [0.5, 0.6) is 0 Å². The topological polar surface area (TPSA) is 104 Å². The SMILES string of the molecule is Nc1ccc(CNC(=O)CC(CC(=O)NO)c2ccc(Cl)cc2Cl)cc1. The summed E-state index contributed by atoms with van der Waals surface area (Å²) in [5, 5.41) is 12.4. The number of nitrogens with one attached hydrogen (secondary N) is 2. The minimum absolute atomic E-state index is 0.0315. The molecule has 2 aromatic carbocycles. The third kappa shape index (κ3) is 5.91. The van der Waals surface area contributed by atoms with E-state index in [1.165, 1.54) is 0 Å². The molecule has 5 N–H and O–H groups in total. The molecule has 0 fully saturated rings. The minimum atomic E-state index is -0.604. The monoisotopic (exact) mass is 395 g/mol. The number of hydrogen-bond acceptors (Lipinski definition) is 4. The first-order valence-electron chi connectivity index (χ1n) is 7.88. The number of halogens is 2. The van der Waals surface area contributed by atoms with Crippen LogP contribution in [0.2, 0.25) is 10.0 Å². The number of anilines is 1. The van der Waals surface area contributed by atoms with Crippen molar-refractivity contribution in [3.05, 3.63) is 63.6 Å². The lowest BCUT2D eigenvalue weighted by Crippen LogP contribution is -2.27. The highest BCUT2D eigenvalue weighted by atomic mass is 35.5. The Hall–Kier alpha value is -2.28. The molecule has 2 amide bonds. The van der Waals surface area contributed by atoms with Crippen LogP contribution >= 0.6 is 23.2 Å². The number of benzene rings is 2. The van der Waals surface area contributed by atoms with Gasteiger partial charge in [-0.1, -0.05) is 41.4 Å². The zero-order chi connectivity index (χ0) is 19.1. The Balaban J connectivity index is 2.06. The molecule has 0 aromatic heterocycles. The van der Waals surface area contributed by atoms with Gasteiger partial charge in [-0.2, -0.15) is 0 Å². The highest BCUT2D eigenvalue weighted by molar-refractivity contribution is 6.35. The fourth-order valence-electron chi connectivity index (χ4n) is 2.53. The molecule has 0 saturated carbocycles. The van der Waals surface area contributed by atoms with Crippen molar-refractivity contribution in [3.63, 3.8) is 0 Å². The Kier molecular flexibility index (Phi) is 7.26. The van der Waals surface area contributed by atoms with Crippen molar-refractivity contribution in [2.75, 3.05) is 5.73 Å². The summed E-state index contributed by atoms with van der Waals surface area (Å²) >= 11 is 12.1. The molecule has 0 spiro atoms. The fraction of sp³-hybridized carbons (Fsp3) is 0.222. The van der Waals surface area contributed by atoms with Crippen LogP contribution in [0.1, 0.15) is 29.9 Å². The van der Waals surface area contributed by atoms with E-state index >= 15 is 0 Å². The Bertz CT molecular complexity index is 782. The van der Waals surface area contributed by atoms with E-state index in [1.54, 1.807) is 35.8 Å². The van der Waals surface area contributed by atoms with Crippen LogP contribution in [0.15, 0.2) is 42.5 Å². The van der Waals surface area contributed by atoms with E-state index in [0.29, 0.717) is 27.8 Å². The summed E-state index contributed by atoms with van der Waals surface area (Å²) in [4.78, 5) is 23.9. The molecule has 0 aliphatic carbocycles. The molecule has 26 heavy (non-hydrogen) atoms. The second kappa shape index (κ2) is 9.43. The van der Waals surface area contributed by atoms with Gasteiger partial charge in [-0.3, -0.25) is 14.8 Å². The molecular weight excluding hydrogens is 377 g/mol. The van der Waals surface area contributed by atoms with E-state index in [9.17, 15) is 9.59 Å². The van der Waals surface area contributed by atoms with Crippen molar-refractivity contribution < 1.29 is 14.8 Å². The van der Waals surface area contributed by atoms with Crippen molar-refractivity contribution in [3.8, 4) is 0 Å². The van der Waals surface area contributed by atoms with E-state index in [1.807, 2.05) is 12.1 Å². The van der Waals surface area contributed by atoms with Crippen molar-refractivity contribution in [2.24, 2.45) is 0 Å². The average Bonchev–Trinajstić information content (AvgIpc) is 2.60. The van der Waals surface area contributed by atoms with Gasteiger partial charge in [-0.25, -0.2) is 5.48 Å². The molecule has 2 rings (SSSR count). The highest BCUT2D eigenvalue weighted by Crippen LogP contribution is 2.32. The Morgan fingerprint density at radius 1 is 1.04 bits per heavy atom. The van der Waals surface area contributed by atoms with Gasteiger partial charge >= 0.3 is 0 Å². The molecule has 0 radical (unpaired) electrons. The molecule has 0 aliphatic rings. The third-order valence-electron chi connectivity index (χ3n) is 3.86. The maximum atomic E-state index is 12.3. The van der Waals surface area contributed by atoms with E-state index in [0.717, 1.165) is 5.56 Å². The molecule has 138 valence electrons. The molecule has 1 unspecified atom stereocenters. The number of rotatable bonds is 7. The molecule has 2 aromatic rings. The number of hydroxylamine groups is 1. The predicted octanol–water partition coefficient (Wildman–Crippen LogP) is 3.26. The summed E-state index contributed by atoms with van der Waals surface area (Å²) in [6.07, 6.45) is -0.0586. The second-order valence-corrected chi connectivity index (χ2v) is 6.67. The normalized spacial score (nSPS) is 11.7. The van der Waals surface area contributed by atoms with E-state index in [4.69, 9.17) is 34.1 Å². The molecule has 6 nitrogen and oxygen atoms in total. The Morgan fingerprint density at radius 2 is 1.69 bits per heavy atom. The van der Waals surface area contributed by atoms with Gasteiger partial charge in [0.1, 0.15) is 0 Å². The van der Waals surface area contributed by atoms with Crippen molar-refractivity contribution >= 4 is 40.7 Å². The van der Waals surface area contributed by atoms with Gasteiger partial charge in [-0.15, -0.1) is 0 Å². The number of carbonyl (C=O) groups is 2. The van der Waals surface area contributed by atoms with Crippen molar-refractivity contribution in [1.82, 2.24) is 10.8 Å². The second-order valence-electron chi connectivity index (χ2n) is 5.82. The lowest BCUT2D eigenvalue weighted by Gasteiger charge is -2.18. The van der Waals surface area contributed by atoms with Gasteiger partial charge in [0.05, 0.1) is 0 Å². The minimum Gasteiger partial charge on any atom is -0.399 e. The van der Waals surface area contributed by atoms with Gasteiger partial charge in [0.2, 0.25) is 11.8 Å². The number of nitrogen functional groups attached to an aromatic ring is 1. The number of carbonyl (C=O) groups excluding carboxylic acids is 2. The molecule has 0 heterocycles. The van der Waals surface area contributed by atoms with Crippen LogP contribution in [-0.4, -0.2) is 17.0 Å². The summed E-state index contributed by atoms with van der Waals surface area (Å²) in [7, 11) is 0. The number of amides is 2. The van der Waals surface area contributed by atoms with Gasteiger partial charge in [0.25, 0.3) is 0 Å². The standard InChI is InChI=1S/C18H19Cl2N3O3/c19-13-3-6-15(16(20)9-13)12(8-18(25)23-26)7-17(24)22-10-11-1-4-14(21)5-2-11/h1-6,9,12,26H,7-8,10,21H2,(H,22,24)(H,23,25). The van der Waals surface area contributed by atoms with Crippen LogP contribution in [0.25, 0.3) is 0 Å². The first kappa shape index (κ1) is 20.0. The summed E-state index contributed by atoms with van der Waals surface area (Å²) in [5.74, 6) is -1.35. The largest absolute Gasteiger partial charge is 0.399 e. The van der Waals surface area contributed by atoms with Gasteiger partial charge in [0, 0.05) is 41.0 Å². The first-order chi connectivity index (χ1) is 12.4.